The van der Waals surface area contributed by atoms with Crippen LogP contribution in [0, 0.1) is 0 Å². The van der Waals surface area contributed by atoms with Gasteiger partial charge in [-0.05, 0) is 30.7 Å². The lowest BCUT2D eigenvalue weighted by atomic mass is 9.94. The number of ether oxygens (including phenoxy) is 1. The highest BCUT2D eigenvalue weighted by molar-refractivity contribution is 8.03. The molecule has 0 saturated heterocycles. The maximum absolute atomic E-state index is 12.5. The highest BCUT2D eigenvalue weighted by Crippen LogP contribution is 2.41. The van der Waals surface area contributed by atoms with Crippen LogP contribution in [0.15, 0.2) is 51.8 Å². The van der Waals surface area contributed by atoms with E-state index in [9.17, 15) is 9.59 Å². The first-order chi connectivity index (χ1) is 10.1. The maximum atomic E-state index is 12.5. The third-order valence-corrected chi connectivity index (χ3v) is 4.75. The molecule has 2 unspecified atom stereocenters. The third-order valence-electron chi connectivity index (χ3n) is 3.53. The number of hydrogen-bond acceptors (Lipinski definition) is 4. The molecule has 108 valence electrons. The second-order valence-corrected chi connectivity index (χ2v) is 6.07. The smallest absolute Gasteiger partial charge is 0.332 e. The number of allylic oxidation sites excluding steroid dienone is 1. The molecule has 1 aromatic carbocycles. The van der Waals surface area contributed by atoms with Crippen molar-refractivity contribution in [1.29, 1.82) is 0 Å². The molecule has 0 bridgehead atoms. The van der Waals surface area contributed by atoms with Gasteiger partial charge >= 0.3 is 5.97 Å². The number of benzene rings is 1. The van der Waals surface area contributed by atoms with Crippen molar-refractivity contribution < 1.29 is 19.4 Å². The number of thioether (sulfide) groups is 1. The molecule has 3 rings (SSSR count). The van der Waals surface area contributed by atoms with Crippen LogP contribution in [0.2, 0.25) is 0 Å². The number of carboxylic acids is 1. The summed E-state index contributed by atoms with van der Waals surface area (Å²) in [6.07, 6.45) is 2.26. The Morgan fingerprint density at radius 1 is 1.43 bits per heavy atom. The quantitative estimate of drug-likeness (QED) is 0.929. The van der Waals surface area contributed by atoms with Crippen molar-refractivity contribution >= 4 is 23.5 Å². The second-order valence-electron chi connectivity index (χ2n) is 4.99. The van der Waals surface area contributed by atoms with Crippen molar-refractivity contribution in [1.82, 2.24) is 0 Å². The summed E-state index contributed by atoms with van der Waals surface area (Å²) in [5, 5.41) is 8.88. The van der Waals surface area contributed by atoms with E-state index in [2.05, 4.69) is 0 Å². The Morgan fingerprint density at radius 2 is 2.19 bits per heavy atom. The molecular weight excluding hydrogens is 288 g/mol. The average Bonchev–Trinajstić information content (AvgIpc) is 2.48. The van der Waals surface area contributed by atoms with E-state index in [1.165, 1.54) is 6.92 Å². The number of carboxylic acid groups (broad SMARTS) is 1. The van der Waals surface area contributed by atoms with Crippen molar-refractivity contribution in [2.24, 2.45) is 0 Å². The van der Waals surface area contributed by atoms with E-state index in [4.69, 9.17) is 9.84 Å². The number of carbonyl (C=O) groups is 2. The van der Waals surface area contributed by atoms with E-state index in [1.807, 2.05) is 30.3 Å². The lowest BCUT2D eigenvalue weighted by molar-refractivity contribution is -0.153. The summed E-state index contributed by atoms with van der Waals surface area (Å²) in [6.45, 7) is 1.43. The zero-order valence-corrected chi connectivity index (χ0v) is 12.2. The Balaban J connectivity index is 1.82. The lowest BCUT2D eigenvalue weighted by Crippen LogP contribution is -2.34. The van der Waals surface area contributed by atoms with Gasteiger partial charge in [0.15, 0.2) is 11.9 Å². The fourth-order valence-corrected chi connectivity index (χ4v) is 3.47. The molecule has 1 aliphatic heterocycles. The molecule has 1 N–H and O–H groups in total. The summed E-state index contributed by atoms with van der Waals surface area (Å²) >= 11 is 1.57. The minimum absolute atomic E-state index is 0.136. The average molecular weight is 302 g/mol. The zero-order valence-electron chi connectivity index (χ0n) is 11.4. The molecule has 1 aromatic rings. The predicted molar refractivity (Wildman–Crippen MR) is 79.1 cm³/mol. The van der Waals surface area contributed by atoms with Crippen molar-refractivity contribution in [3.05, 3.63) is 52.5 Å². The topological polar surface area (TPSA) is 63.6 Å². The molecule has 0 radical (unpaired) electrons. The summed E-state index contributed by atoms with van der Waals surface area (Å²) in [4.78, 5) is 25.4. The molecule has 0 fully saturated rings. The SMILES string of the molecule is CC(OC1C=CC2=C(Cc3ccccc3S2)C1=O)C(=O)O. The maximum Gasteiger partial charge on any atom is 0.332 e. The van der Waals surface area contributed by atoms with Crippen molar-refractivity contribution in [2.45, 2.75) is 30.4 Å². The van der Waals surface area contributed by atoms with Crippen molar-refractivity contribution in [2.75, 3.05) is 0 Å². The first-order valence-corrected chi connectivity index (χ1v) is 7.47. The molecule has 0 saturated carbocycles. The van der Waals surface area contributed by atoms with Crippen LogP contribution in [0.25, 0.3) is 0 Å². The molecule has 2 atom stereocenters. The van der Waals surface area contributed by atoms with Gasteiger partial charge in [0.25, 0.3) is 0 Å². The van der Waals surface area contributed by atoms with Crippen molar-refractivity contribution in [3.63, 3.8) is 0 Å². The molecule has 0 spiro atoms. The molecule has 1 heterocycles. The molecule has 1 aliphatic carbocycles. The summed E-state index contributed by atoms with van der Waals surface area (Å²) < 4.78 is 5.32. The molecule has 4 nitrogen and oxygen atoms in total. The van der Waals surface area contributed by atoms with Crippen LogP contribution in [0.3, 0.4) is 0 Å². The van der Waals surface area contributed by atoms with Gasteiger partial charge in [-0.1, -0.05) is 30.0 Å². The monoisotopic (exact) mass is 302 g/mol. The fourth-order valence-electron chi connectivity index (χ4n) is 2.37. The molecule has 0 amide bonds. The number of hydrogen-bond donors (Lipinski definition) is 1. The largest absolute Gasteiger partial charge is 0.479 e. The van der Waals surface area contributed by atoms with Crippen LogP contribution in [0.4, 0.5) is 0 Å². The van der Waals surface area contributed by atoms with Crippen molar-refractivity contribution in [3.8, 4) is 0 Å². The zero-order chi connectivity index (χ0) is 15.0. The van der Waals surface area contributed by atoms with Gasteiger partial charge in [0.1, 0.15) is 6.10 Å². The highest BCUT2D eigenvalue weighted by atomic mass is 32.2. The number of Topliss-reactive ketones (excluding diaryl/α,β-unsaturated/α-hetero) is 1. The van der Waals surface area contributed by atoms with Gasteiger partial charge in [-0.15, -0.1) is 0 Å². The standard InChI is InChI=1S/C16H14O4S/c1-9(16(18)19)20-12-6-7-14-11(15(12)17)8-10-4-2-3-5-13(10)21-14/h2-7,9,12H,8H2,1H3,(H,18,19). The lowest BCUT2D eigenvalue weighted by Gasteiger charge is -2.26. The van der Waals surface area contributed by atoms with Gasteiger partial charge in [-0.2, -0.15) is 0 Å². The van der Waals surface area contributed by atoms with Crippen LogP contribution in [-0.4, -0.2) is 29.1 Å². The summed E-state index contributed by atoms with van der Waals surface area (Å²) in [5.41, 5.74) is 1.83. The fraction of sp³-hybridized carbons (Fsp3) is 0.250. The molecular formula is C16H14O4S. The first-order valence-electron chi connectivity index (χ1n) is 6.66. The Kier molecular flexibility index (Phi) is 3.69. The van der Waals surface area contributed by atoms with Gasteiger partial charge in [0.05, 0.1) is 0 Å². The van der Waals surface area contributed by atoms with E-state index in [-0.39, 0.29) is 5.78 Å². The second kappa shape index (κ2) is 5.50. The normalized spacial score (nSPS) is 21.8. The minimum atomic E-state index is -1.07. The van der Waals surface area contributed by atoms with Gasteiger partial charge in [0, 0.05) is 21.8 Å². The minimum Gasteiger partial charge on any atom is -0.479 e. The molecule has 21 heavy (non-hydrogen) atoms. The number of fused-ring (bicyclic) bond motifs is 1. The third kappa shape index (κ3) is 2.66. The number of aliphatic carboxylic acids is 1. The van der Waals surface area contributed by atoms with Gasteiger partial charge < -0.3 is 9.84 Å². The Labute approximate surface area is 126 Å². The summed E-state index contributed by atoms with van der Waals surface area (Å²) in [6, 6.07) is 7.98. The Morgan fingerprint density at radius 3 is 2.95 bits per heavy atom. The van der Waals surface area contributed by atoms with Crippen LogP contribution in [0.1, 0.15) is 12.5 Å². The predicted octanol–water partition coefficient (Wildman–Crippen LogP) is 2.59. The number of rotatable bonds is 3. The highest BCUT2D eigenvalue weighted by Gasteiger charge is 2.32. The van der Waals surface area contributed by atoms with Crippen LogP contribution in [0.5, 0.6) is 0 Å². The summed E-state index contributed by atoms with van der Waals surface area (Å²) in [7, 11) is 0. The van der Waals surface area contributed by atoms with E-state index >= 15 is 0 Å². The Bertz CT molecular complexity index is 675. The number of ketones is 1. The number of carbonyl (C=O) groups excluding carboxylic acids is 1. The molecule has 5 heteroatoms. The first kappa shape index (κ1) is 14.1. The van der Waals surface area contributed by atoms with E-state index in [0.717, 1.165) is 15.4 Å². The van der Waals surface area contributed by atoms with Crippen LogP contribution in [-0.2, 0) is 20.7 Å². The molecule has 2 aliphatic rings. The summed E-state index contributed by atoms with van der Waals surface area (Å²) in [5.74, 6) is -1.21. The van der Waals surface area contributed by atoms with Crippen LogP contribution < -0.4 is 0 Å². The van der Waals surface area contributed by atoms with Crippen LogP contribution >= 0.6 is 11.8 Å². The van der Waals surface area contributed by atoms with E-state index in [1.54, 1.807) is 17.8 Å². The van der Waals surface area contributed by atoms with Gasteiger partial charge in [-0.3, -0.25) is 4.79 Å². The van der Waals surface area contributed by atoms with E-state index in [0.29, 0.717) is 12.0 Å². The van der Waals surface area contributed by atoms with Gasteiger partial charge in [-0.25, -0.2) is 4.79 Å². The van der Waals surface area contributed by atoms with E-state index < -0.39 is 18.2 Å². The van der Waals surface area contributed by atoms with Gasteiger partial charge in [0.2, 0.25) is 0 Å². The Hall–Kier alpha value is -1.85. The molecule has 0 aromatic heterocycles.